The summed E-state index contributed by atoms with van der Waals surface area (Å²) in [5, 5.41) is 12.9. The minimum absolute atomic E-state index is 0.232. The first-order valence-electron chi connectivity index (χ1n) is 6.46. The minimum atomic E-state index is -0.492. The smallest absolute Gasteiger partial charge is 0.120 e. The molecule has 1 atom stereocenters. The molecule has 1 aromatic rings. The van der Waals surface area contributed by atoms with Gasteiger partial charge in [-0.2, -0.15) is 0 Å². The van der Waals surface area contributed by atoms with Crippen molar-refractivity contribution in [2.24, 2.45) is 0 Å². The van der Waals surface area contributed by atoms with Crippen LogP contribution in [0.5, 0.6) is 5.75 Å². The lowest BCUT2D eigenvalue weighted by Crippen LogP contribution is -2.26. The monoisotopic (exact) mass is 251 g/mol. The molecule has 0 aromatic heterocycles. The van der Waals surface area contributed by atoms with E-state index in [2.05, 4.69) is 5.32 Å². The molecule has 2 N–H and O–H groups in total. The van der Waals surface area contributed by atoms with Crippen molar-refractivity contribution in [2.75, 3.05) is 26.8 Å². The third-order valence-corrected chi connectivity index (χ3v) is 3.11. The maximum absolute atomic E-state index is 9.91. The largest absolute Gasteiger partial charge is 0.490 e. The van der Waals surface area contributed by atoms with Gasteiger partial charge in [0, 0.05) is 19.4 Å². The summed E-state index contributed by atoms with van der Waals surface area (Å²) < 4.78 is 11.2. The van der Waals surface area contributed by atoms with Gasteiger partial charge < -0.3 is 19.9 Å². The Balaban J connectivity index is 1.97. The average molecular weight is 251 g/mol. The molecule has 0 bridgehead atoms. The third-order valence-electron chi connectivity index (χ3n) is 3.11. The molecule has 4 nitrogen and oxygen atoms in total. The molecule has 0 spiro atoms. The highest BCUT2D eigenvalue weighted by molar-refractivity contribution is 5.30. The van der Waals surface area contributed by atoms with Crippen molar-refractivity contribution in [1.29, 1.82) is 0 Å². The molecule has 2 rings (SSSR count). The van der Waals surface area contributed by atoms with Crippen LogP contribution in [0, 0.1) is 0 Å². The number of likely N-dealkylation sites (N-methyl/N-ethyl adjacent to an activating group) is 1. The molecule has 1 aromatic carbocycles. The van der Waals surface area contributed by atoms with Crippen LogP contribution in [-0.2, 0) is 4.74 Å². The SMILES string of the molecule is CNCC(O)c1cccc(OC2CCOCC2)c1. The predicted molar refractivity (Wildman–Crippen MR) is 69.8 cm³/mol. The Bertz CT molecular complexity index is 364. The molecule has 1 heterocycles. The molecule has 0 amide bonds. The second-order valence-electron chi connectivity index (χ2n) is 4.58. The molecular weight excluding hydrogens is 230 g/mol. The van der Waals surface area contributed by atoms with E-state index in [1.807, 2.05) is 31.3 Å². The Morgan fingerprint density at radius 1 is 1.44 bits per heavy atom. The summed E-state index contributed by atoms with van der Waals surface area (Å²) in [4.78, 5) is 0. The highest BCUT2D eigenvalue weighted by Gasteiger charge is 2.15. The number of nitrogens with one attached hydrogen (secondary N) is 1. The van der Waals surface area contributed by atoms with Crippen molar-refractivity contribution in [1.82, 2.24) is 5.32 Å². The van der Waals surface area contributed by atoms with Gasteiger partial charge in [0.05, 0.1) is 19.3 Å². The highest BCUT2D eigenvalue weighted by atomic mass is 16.5. The number of aliphatic hydroxyl groups excluding tert-OH is 1. The molecule has 1 fully saturated rings. The molecule has 1 unspecified atom stereocenters. The molecule has 4 heteroatoms. The lowest BCUT2D eigenvalue weighted by atomic mass is 10.1. The molecule has 0 saturated carbocycles. The van der Waals surface area contributed by atoms with Gasteiger partial charge in [0.25, 0.3) is 0 Å². The first-order valence-corrected chi connectivity index (χ1v) is 6.46. The Morgan fingerprint density at radius 3 is 2.94 bits per heavy atom. The topological polar surface area (TPSA) is 50.7 Å². The number of rotatable bonds is 5. The van der Waals surface area contributed by atoms with Crippen molar-refractivity contribution in [3.8, 4) is 5.75 Å². The summed E-state index contributed by atoms with van der Waals surface area (Å²) in [6, 6.07) is 7.68. The maximum Gasteiger partial charge on any atom is 0.120 e. The molecule has 100 valence electrons. The second kappa shape index (κ2) is 6.73. The number of ether oxygens (including phenoxy) is 2. The molecular formula is C14H21NO3. The summed E-state index contributed by atoms with van der Waals surface area (Å²) >= 11 is 0. The van der Waals surface area contributed by atoms with Crippen LogP contribution in [0.3, 0.4) is 0 Å². The molecule has 1 aliphatic heterocycles. The molecule has 0 aliphatic carbocycles. The lowest BCUT2D eigenvalue weighted by Gasteiger charge is -2.23. The first kappa shape index (κ1) is 13.3. The van der Waals surface area contributed by atoms with Crippen LogP contribution in [-0.4, -0.2) is 38.0 Å². The van der Waals surface area contributed by atoms with Gasteiger partial charge in [0.1, 0.15) is 11.9 Å². The molecule has 18 heavy (non-hydrogen) atoms. The van der Waals surface area contributed by atoms with Crippen LogP contribution in [0.2, 0.25) is 0 Å². The van der Waals surface area contributed by atoms with Gasteiger partial charge in [0.15, 0.2) is 0 Å². The first-order chi connectivity index (χ1) is 8.79. The second-order valence-corrected chi connectivity index (χ2v) is 4.58. The van der Waals surface area contributed by atoms with Crippen LogP contribution in [0.4, 0.5) is 0 Å². The van der Waals surface area contributed by atoms with E-state index in [0.29, 0.717) is 6.54 Å². The van der Waals surface area contributed by atoms with E-state index in [1.165, 1.54) is 0 Å². The summed E-state index contributed by atoms with van der Waals surface area (Å²) in [5.41, 5.74) is 0.883. The predicted octanol–water partition coefficient (Wildman–Crippen LogP) is 1.50. The Hall–Kier alpha value is -1.10. The normalized spacial score (nSPS) is 18.6. The van der Waals surface area contributed by atoms with Crippen molar-refractivity contribution < 1.29 is 14.6 Å². The van der Waals surface area contributed by atoms with Gasteiger partial charge in [-0.3, -0.25) is 0 Å². The van der Waals surface area contributed by atoms with E-state index >= 15 is 0 Å². The van der Waals surface area contributed by atoms with E-state index in [-0.39, 0.29) is 6.10 Å². The van der Waals surface area contributed by atoms with Gasteiger partial charge in [-0.15, -0.1) is 0 Å². The van der Waals surface area contributed by atoms with Crippen LogP contribution in [0.15, 0.2) is 24.3 Å². The number of aliphatic hydroxyl groups is 1. The van der Waals surface area contributed by atoms with Gasteiger partial charge in [-0.25, -0.2) is 0 Å². The van der Waals surface area contributed by atoms with E-state index in [0.717, 1.165) is 37.4 Å². The third kappa shape index (κ3) is 3.70. The standard InChI is InChI=1S/C14H21NO3/c1-15-10-14(16)11-3-2-4-13(9-11)18-12-5-7-17-8-6-12/h2-4,9,12,14-16H,5-8,10H2,1H3. The number of hydrogen-bond donors (Lipinski definition) is 2. The summed E-state index contributed by atoms with van der Waals surface area (Å²) in [6.07, 6.45) is 1.61. The van der Waals surface area contributed by atoms with Crippen molar-refractivity contribution >= 4 is 0 Å². The number of benzene rings is 1. The van der Waals surface area contributed by atoms with E-state index in [1.54, 1.807) is 0 Å². The minimum Gasteiger partial charge on any atom is -0.490 e. The van der Waals surface area contributed by atoms with Crippen molar-refractivity contribution in [3.05, 3.63) is 29.8 Å². The number of hydrogen-bond acceptors (Lipinski definition) is 4. The van der Waals surface area contributed by atoms with Gasteiger partial charge in [0.2, 0.25) is 0 Å². The van der Waals surface area contributed by atoms with Gasteiger partial charge in [-0.1, -0.05) is 12.1 Å². The zero-order chi connectivity index (χ0) is 12.8. The average Bonchev–Trinajstić information content (AvgIpc) is 2.40. The van der Waals surface area contributed by atoms with Crippen LogP contribution >= 0.6 is 0 Å². The fourth-order valence-corrected chi connectivity index (χ4v) is 2.09. The van der Waals surface area contributed by atoms with Crippen LogP contribution in [0.1, 0.15) is 24.5 Å². The van der Waals surface area contributed by atoms with Gasteiger partial charge >= 0.3 is 0 Å². The maximum atomic E-state index is 9.91. The fourth-order valence-electron chi connectivity index (χ4n) is 2.09. The molecule has 1 saturated heterocycles. The Labute approximate surface area is 108 Å². The summed E-state index contributed by atoms with van der Waals surface area (Å²) in [5.74, 6) is 0.828. The fraction of sp³-hybridized carbons (Fsp3) is 0.571. The van der Waals surface area contributed by atoms with Gasteiger partial charge in [-0.05, 0) is 24.7 Å². The van der Waals surface area contributed by atoms with Crippen molar-refractivity contribution in [3.63, 3.8) is 0 Å². The molecule has 1 aliphatic rings. The zero-order valence-corrected chi connectivity index (χ0v) is 10.8. The van der Waals surface area contributed by atoms with E-state index in [9.17, 15) is 5.11 Å². The quantitative estimate of drug-likeness (QED) is 0.832. The summed E-state index contributed by atoms with van der Waals surface area (Å²) in [6.45, 7) is 2.08. The van der Waals surface area contributed by atoms with Crippen molar-refractivity contribution in [2.45, 2.75) is 25.0 Å². The van der Waals surface area contributed by atoms with Crippen LogP contribution in [0.25, 0.3) is 0 Å². The lowest BCUT2D eigenvalue weighted by molar-refractivity contribution is 0.0254. The van der Waals surface area contributed by atoms with Crippen LogP contribution < -0.4 is 10.1 Å². The highest BCUT2D eigenvalue weighted by Crippen LogP contribution is 2.22. The Morgan fingerprint density at radius 2 is 2.22 bits per heavy atom. The zero-order valence-electron chi connectivity index (χ0n) is 10.8. The summed E-state index contributed by atoms with van der Waals surface area (Å²) in [7, 11) is 1.82. The Kier molecular flexibility index (Phi) is 4.99. The molecule has 0 radical (unpaired) electrons. The van der Waals surface area contributed by atoms with E-state index in [4.69, 9.17) is 9.47 Å². The van der Waals surface area contributed by atoms with E-state index < -0.39 is 6.10 Å².